The van der Waals surface area contributed by atoms with E-state index in [0.717, 1.165) is 36.2 Å². The van der Waals surface area contributed by atoms with Crippen LogP contribution >= 0.6 is 0 Å². The first kappa shape index (κ1) is 13.8. The molecule has 2 heterocycles. The number of aromatic nitrogens is 1. The van der Waals surface area contributed by atoms with Crippen molar-refractivity contribution < 1.29 is 9.53 Å². The molecule has 110 valence electrons. The number of nitrogens with one attached hydrogen (secondary N) is 1. The number of carbonyl (C=O) groups is 1. The highest BCUT2D eigenvalue weighted by Gasteiger charge is 2.20. The summed E-state index contributed by atoms with van der Waals surface area (Å²) in [5.74, 6) is -0.0252. The molecule has 1 saturated heterocycles. The fourth-order valence-electron chi connectivity index (χ4n) is 2.60. The van der Waals surface area contributed by atoms with Crippen molar-refractivity contribution in [2.24, 2.45) is 0 Å². The van der Waals surface area contributed by atoms with Crippen molar-refractivity contribution in [1.29, 1.82) is 0 Å². The molecule has 0 aliphatic carbocycles. The Morgan fingerprint density at radius 2 is 2.14 bits per heavy atom. The van der Waals surface area contributed by atoms with Gasteiger partial charge in [0, 0.05) is 37.8 Å². The van der Waals surface area contributed by atoms with Crippen LogP contribution in [0.15, 0.2) is 30.3 Å². The predicted octanol–water partition coefficient (Wildman–Crippen LogP) is 2.14. The van der Waals surface area contributed by atoms with Gasteiger partial charge >= 0.3 is 0 Å². The van der Waals surface area contributed by atoms with Crippen molar-refractivity contribution in [1.82, 2.24) is 9.88 Å². The zero-order valence-corrected chi connectivity index (χ0v) is 12.1. The summed E-state index contributed by atoms with van der Waals surface area (Å²) >= 11 is 0. The molecular formula is C16H19N3O2. The maximum Gasteiger partial charge on any atom is 0.272 e. The standard InChI is InChI=1S/C16H19N3O2/c1-17-14-11-15(18-13-6-3-2-5-12(13)14)16(20)19-7-4-9-21-10-8-19/h2-3,5-6,11H,4,7-10H2,1H3,(H,17,18). The number of hydrogen-bond donors (Lipinski definition) is 1. The van der Waals surface area contributed by atoms with Crippen molar-refractivity contribution in [3.8, 4) is 0 Å². The van der Waals surface area contributed by atoms with Crippen LogP contribution in [-0.4, -0.2) is 49.1 Å². The van der Waals surface area contributed by atoms with Crippen LogP contribution < -0.4 is 5.32 Å². The number of carbonyl (C=O) groups excluding carboxylic acids is 1. The van der Waals surface area contributed by atoms with E-state index in [4.69, 9.17) is 4.74 Å². The van der Waals surface area contributed by atoms with Crippen molar-refractivity contribution in [3.63, 3.8) is 0 Å². The number of para-hydroxylation sites is 1. The van der Waals surface area contributed by atoms with Crippen LogP contribution in [0.1, 0.15) is 16.9 Å². The summed E-state index contributed by atoms with van der Waals surface area (Å²) in [4.78, 5) is 19.0. The first-order valence-electron chi connectivity index (χ1n) is 7.24. The van der Waals surface area contributed by atoms with Crippen molar-refractivity contribution in [2.45, 2.75) is 6.42 Å². The molecule has 1 amide bonds. The summed E-state index contributed by atoms with van der Waals surface area (Å²) in [6.45, 7) is 2.67. The molecule has 0 bridgehead atoms. The number of anilines is 1. The van der Waals surface area contributed by atoms with Crippen molar-refractivity contribution >= 4 is 22.5 Å². The molecule has 1 N–H and O–H groups in total. The Balaban J connectivity index is 1.97. The zero-order valence-electron chi connectivity index (χ0n) is 12.1. The van der Waals surface area contributed by atoms with Gasteiger partial charge in [-0.3, -0.25) is 4.79 Å². The average molecular weight is 285 g/mol. The number of rotatable bonds is 2. The molecule has 0 atom stereocenters. The van der Waals surface area contributed by atoms with Gasteiger partial charge in [0.1, 0.15) is 5.69 Å². The highest BCUT2D eigenvalue weighted by atomic mass is 16.5. The lowest BCUT2D eigenvalue weighted by Gasteiger charge is -2.19. The molecule has 0 unspecified atom stereocenters. The summed E-state index contributed by atoms with van der Waals surface area (Å²) in [5.41, 5.74) is 2.24. The zero-order chi connectivity index (χ0) is 14.7. The second kappa shape index (κ2) is 6.10. The second-order valence-electron chi connectivity index (χ2n) is 5.08. The highest BCUT2D eigenvalue weighted by Crippen LogP contribution is 2.23. The molecule has 21 heavy (non-hydrogen) atoms. The van der Waals surface area contributed by atoms with Gasteiger partial charge in [-0.05, 0) is 18.6 Å². The third-order valence-corrected chi connectivity index (χ3v) is 3.71. The minimum atomic E-state index is -0.0252. The molecule has 0 radical (unpaired) electrons. The quantitative estimate of drug-likeness (QED) is 0.918. The lowest BCUT2D eigenvalue weighted by atomic mass is 10.1. The van der Waals surface area contributed by atoms with Crippen LogP contribution in [-0.2, 0) is 4.74 Å². The Bertz CT molecular complexity index is 649. The number of nitrogens with zero attached hydrogens (tertiary/aromatic N) is 2. The van der Waals surface area contributed by atoms with E-state index < -0.39 is 0 Å². The fourth-order valence-corrected chi connectivity index (χ4v) is 2.60. The molecule has 1 aromatic heterocycles. The van der Waals surface area contributed by atoms with Gasteiger partial charge in [-0.1, -0.05) is 18.2 Å². The van der Waals surface area contributed by atoms with Crippen LogP contribution in [0.3, 0.4) is 0 Å². The van der Waals surface area contributed by atoms with Crippen LogP contribution in [0, 0.1) is 0 Å². The third-order valence-electron chi connectivity index (χ3n) is 3.71. The van der Waals surface area contributed by atoms with Gasteiger partial charge in [-0.15, -0.1) is 0 Å². The van der Waals surface area contributed by atoms with E-state index >= 15 is 0 Å². The molecule has 0 saturated carbocycles. The molecule has 1 aromatic carbocycles. The molecule has 5 heteroatoms. The lowest BCUT2D eigenvalue weighted by Crippen LogP contribution is -2.33. The van der Waals surface area contributed by atoms with Gasteiger partial charge in [0.05, 0.1) is 12.1 Å². The van der Waals surface area contributed by atoms with E-state index in [-0.39, 0.29) is 5.91 Å². The van der Waals surface area contributed by atoms with Gasteiger partial charge < -0.3 is 15.0 Å². The van der Waals surface area contributed by atoms with Gasteiger partial charge in [-0.25, -0.2) is 4.98 Å². The number of amides is 1. The number of ether oxygens (including phenoxy) is 1. The summed E-state index contributed by atoms with van der Waals surface area (Å²) in [7, 11) is 1.86. The molecule has 0 spiro atoms. The molecule has 1 aliphatic heterocycles. The first-order chi connectivity index (χ1) is 10.3. The molecule has 1 aliphatic rings. The Kier molecular flexibility index (Phi) is 4.01. The first-order valence-corrected chi connectivity index (χ1v) is 7.24. The van der Waals surface area contributed by atoms with E-state index in [9.17, 15) is 4.79 Å². The van der Waals surface area contributed by atoms with Crippen molar-refractivity contribution in [2.75, 3.05) is 38.7 Å². The Labute approximate surface area is 123 Å². The van der Waals surface area contributed by atoms with E-state index in [2.05, 4.69) is 10.3 Å². The second-order valence-corrected chi connectivity index (χ2v) is 5.08. The normalized spacial score (nSPS) is 15.8. The predicted molar refractivity (Wildman–Crippen MR) is 82.6 cm³/mol. The van der Waals surface area contributed by atoms with Crippen LogP contribution in [0.4, 0.5) is 5.69 Å². The topological polar surface area (TPSA) is 54.5 Å². The molecule has 1 fully saturated rings. The number of pyridine rings is 1. The molecule has 3 rings (SSSR count). The monoisotopic (exact) mass is 285 g/mol. The largest absolute Gasteiger partial charge is 0.388 e. The number of fused-ring (bicyclic) bond motifs is 1. The van der Waals surface area contributed by atoms with Gasteiger partial charge in [0.25, 0.3) is 5.91 Å². The molecule has 2 aromatic rings. The Hall–Kier alpha value is -2.14. The summed E-state index contributed by atoms with van der Waals surface area (Å²) in [6, 6.07) is 9.67. The van der Waals surface area contributed by atoms with Gasteiger partial charge in [-0.2, -0.15) is 0 Å². The summed E-state index contributed by atoms with van der Waals surface area (Å²) in [6.07, 6.45) is 0.873. The maximum atomic E-state index is 12.6. The van der Waals surface area contributed by atoms with Crippen LogP contribution in [0.5, 0.6) is 0 Å². The number of hydrogen-bond acceptors (Lipinski definition) is 4. The van der Waals surface area contributed by atoms with E-state index in [1.165, 1.54) is 0 Å². The minimum Gasteiger partial charge on any atom is -0.388 e. The summed E-state index contributed by atoms with van der Waals surface area (Å²) < 4.78 is 5.40. The van der Waals surface area contributed by atoms with Gasteiger partial charge in [0.2, 0.25) is 0 Å². The maximum absolute atomic E-state index is 12.6. The third kappa shape index (κ3) is 2.83. The average Bonchev–Trinajstić information content (AvgIpc) is 2.82. The Morgan fingerprint density at radius 3 is 3.00 bits per heavy atom. The van der Waals surface area contributed by atoms with Gasteiger partial charge in [0.15, 0.2) is 0 Å². The Morgan fingerprint density at radius 1 is 1.29 bits per heavy atom. The fraction of sp³-hybridized carbons (Fsp3) is 0.375. The minimum absolute atomic E-state index is 0.0252. The van der Waals surface area contributed by atoms with Crippen molar-refractivity contribution in [3.05, 3.63) is 36.0 Å². The van der Waals surface area contributed by atoms with E-state index in [1.54, 1.807) is 0 Å². The smallest absolute Gasteiger partial charge is 0.272 e. The van der Waals surface area contributed by atoms with E-state index in [1.807, 2.05) is 42.3 Å². The van der Waals surface area contributed by atoms with Crippen LogP contribution in [0.2, 0.25) is 0 Å². The number of benzene rings is 1. The summed E-state index contributed by atoms with van der Waals surface area (Å²) in [5, 5.41) is 4.17. The van der Waals surface area contributed by atoms with E-state index in [0.29, 0.717) is 18.8 Å². The highest BCUT2D eigenvalue weighted by molar-refractivity contribution is 5.99. The molecular weight excluding hydrogens is 266 g/mol. The van der Waals surface area contributed by atoms with Crippen LogP contribution in [0.25, 0.3) is 10.9 Å². The lowest BCUT2D eigenvalue weighted by molar-refractivity contribution is 0.0736. The molecule has 5 nitrogen and oxygen atoms in total. The SMILES string of the molecule is CNc1cc(C(=O)N2CCCOCC2)nc2ccccc12.